The van der Waals surface area contributed by atoms with Gasteiger partial charge in [-0.3, -0.25) is 14.6 Å². The standard InChI is InChI=1S/C46H64N8O7/c1-24-21-31(48-38(25(24)2)34-7-5-18-53(34)43(55)39(26-9-10-26)50-45(57)59-3)28-13-15-33-37(22-28)61-36-16-14-29(30-17-20-52(33)41(30)36)32-23-47-42(49-32)35-8-6-19-54(35)44(56)40(27-11-12-27)51-46(58)60-4/h17,20-21,23-30,33-37,39-41H,5-16,18-19,22H2,1-4H3,(H,47,49)(H,50,57)(H,51,58). The molecule has 330 valence electrons. The van der Waals surface area contributed by atoms with Crippen molar-refractivity contribution in [1.82, 2.24) is 35.3 Å². The number of fused-ring (bicyclic) bond motifs is 2. The first-order chi connectivity index (χ1) is 29.6. The number of aliphatic imine (C=N–C) groups is 1. The van der Waals surface area contributed by atoms with Crippen LogP contribution in [0.2, 0.25) is 0 Å². The third kappa shape index (κ3) is 7.53. The number of aromatic amines is 1. The number of aromatic nitrogens is 2. The summed E-state index contributed by atoms with van der Waals surface area (Å²) < 4.78 is 16.9. The molecule has 15 heteroatoms. The molecule has 1 aromatic rings. The number of nitrogens with one attached hydrogen (secondary N) is 3. The van der Waals surface area contributed by atoms with E-state index >= 15 is 0 Å². The minimum atomic E-state index is -0.562. The van der Waals surface area contributed by atoms with Gasteiger partial charge >= 0.3 is 12.2 Å². The molecule has 4 saturated carbocycles. The van der Waals surface area contributed by atoms with E-state index in [0.29, 0.717) is 36.9 Å². The Morgan fingerprint density at radius 2 is 1.48 bits per heavy atom. The molecule has 15 nitrogen and oxygen atoms in total. The number of nitrogens with zero attached hydrogens (tertiary/aromatic N) is 5. The topological polar surface area (TPSA) is 171 Å². The molecule has 0 spiro atoms. The fourth-order valence-electron chi connectivity index (χ4n) is 12.4. The van der Waals surface area contributed by atoms with Crippen molar-refractivity contribution in [2.75, 3.05) is 27.3 Å². The van der Waals surface area contributed by atoms with Gasteiger partial charge in [-0.2, -0.15) is 0 Å². The smallest absolute Gasteiger partial charge is 0.407 e. The van der Waals surface area contributed by atoms with Gasteiger partial charge in [0.2, 0.25) is 11.8 Å². The van der Waals surface area contributed by atoms with Crippen LogP contribution in [-0.4, -0.2) is 124 Å². The van der Waals surface area contributed by atoms with E-state index in [1.807, 2.05) is 16.0 Å². The molecule has 3 saturated heterocycles. The summed E-state index contributed by atoms with van der Waals surface area (Å²) in [6.07, 6.45) is 20.6. The number of imidazole rings is 1. The van der Waals surface area contributed by atoms with E-state index in [0.717, 1.165) is 106 Å². The Labute approximate surface area is 358 Å². The Bertz CT molecular complexity index is 1970. The maximum atomic E-state index is 14.0. The molecule has 5 aliphatic heterocycles. The van der Waals surface area contributed by atoms with Gasteiger partial charge in [-0.15, -0.1) is 0 Å². The summed E-state index contributed by atoms with van der Waals surface area (Å²) in [5, 5.41) is 5.66. The van der Waals surface area contributed by atoms with Gasteiger partial charge in [0.15, 0.2) is 0 Å². The highest BCUT2D eigenvalue weighted by molar-refractivity contribution is 5.98. The molecule has 9 aliphatic rings. The fraction of sp³-hybridized carbons (Fsp3) is 0.739. The number of likely N-dealkylation sites (tertiary alicyclic amines) is 2. The quantitative estimate of drug-likeness (QED) is 0.273. The maximum absolute atomic E-state index is 14.0. The predicted octanol–water partition coefficient (Wildman–Crippen LogP) is 5.57. The number of carbonyl (C=O) groups is 4. The van der Waals surface area contributed by atoms with Gasteiger partial charge in [0.25, 0.3) is 0 Å². The number of allylic oxidation sites excluding steroid dienone is 2. The Hall–Kier alpha value is -4.40. The Kier molecular flexibility index (Phi) is 10.9. The maximum Gasteiger partial charge on any atom is 0.407 e. The van der Waals surface area contributed by atoms with E-state index in [1.165, 1.54) is 14.2 Å². The number of carbonyl (C=O) groups excluding carboxylic acids is 4. The molecule has 7 fully saturated rings. The van der Waals surface area contributed by atoms with Crippen LogP contribution in [0.15, 0.2) is 35.2 Å². The molecule has 4 aliphatic carbocycles. The number of H-pyrrole nitrogens is 1. The molecule has 61 heavy (non-hydrogen) atoms. The van der Waals surface area contributed by atoms with Crippen molar-refractivity contribution >= 4 is 29.7 Å². The highest BCUT2D eigenvalue weighted by Gasteiger charge is 2.54. The molecule has 10 rings (SSSR count). The van der Waals surface area contributed by atoms with Crippen LogP contribution >= 0.6 is 0 Å². The SMILES string of the molecule is COC(=O)NC(C(=O)N1CCCC1C1=NC(C2CCC3C(C2)OC2CCC(c4cnc(C5CCCN5C(=O)C(NC(=O)OC)C5CC5)[nH]4)C4C=CN3C24)=CC(C)C1C)C1CC1. The monoisotopic (exact) mass is 840 g/mol. The second-order valence-electron chi connectivity index (χ2n) is 19.6. The first-order valence-electron chi connectivity index (χ1n) is 23.4. The summed E-state index contributed by atoms with van der Waals surface area (Å²) in [6.45, 7) is 5.88. The Balaban J connectivity index is 0.801. The van der Waals surface area contributed by atoms with Crippen molar-refractivity contribution in [1.29, 1.82) is 0 Å². The number of hydrogen-bond acceptors (Lipinski definition) is 10. The lowest BCUT2D eigenvalue weighted by atomic mass is 9.71. The largest absolute Gasteiger partial charge is 0.453 e. The highest BCUT2D eigenvalue weighted by Crippen LogP contribution is 2.51. The predicted molar refractivity (Wildman–Crippen MR) is 225 cm³/mol. The van der Waals surface area contributed by atoms with Crippen LogP contribution in [-0.2, 0) is 23.8 Å². The lowest BCUT2D eigenvalue weighted by Gasteiger charge is -2.55. The zero-order valence-corrected chi connectivity index (χ0v) is 36.2. The van der Waals surface area contributed by atoms with E-state index in [4.69, 9.17) is 24.2 Å². The molecule has 1 aromatic heterocycles. The minimum Gasteiger partial charge on any atom is -0.453 e. The second-order valence-corrected chi connectivity index (χ2v) is 19.6. The number of ether oxygens (including phenoxy) is 3. The lowest BCUT2D eigenvalue weighted by molar-refractivity contribution is -0.170. The average Bonchev–Trinajstić information content (AvgIpc) is 4.02. The lowest BCUT2D eigenvalue weighted by Crippen LogP contribution is -2.62. The summed E-state index contributed by atoms with van der Waals surface area (Å²) in [7, 11) is 2.68. The minimum absolute atomic E-state index is 0.0000101. The van der Waals surface area contributed by atoms with Gasteiger partial charge in [0.05, 0.1) is 50.6 Å². The van der Waals surface area contributed by atoms with Crippen molar-refractivity contribution in [3.8, 4) is 0 Å². The number of alkyl carbamates (subject to hydrolysis) is 2. The third-order valence-corrected chi connectivity index (χ3v) is 16.1. The molecule has 0 aromatic carbocycles. The number of rotatable bonds is 10. The molecule has 6 heterocycles. The number of methoxy groups -OCH3 is 2. The van der Waals surface area contributed by atoms with Gasteiger partial charge in [-0.05, 0) is 107 Å². The molecule has 0 bridgehead atoms. The second kappa shape index (κ2) is 16.4. The average molecular weight is 841 g/mol. The van der Waals surface area contributed by atoms with Crippen LogP contribution < -0.4 is 10.6 Å². The van der Waals surface area contributed by atoms with E-state index in [2.05, 4.69) is 52.7 Å². The first kappa shape index (κ1) is 40.7. The molecule has 13 unspecified atom stereocenters. The molecular weight excluding hydrogens is 777 g/mol. The Morgan fingerprint density at radius 3 is 2.13 bits per heavy atom. The van der Waals surface area contributed by atoms with Gasteiger partial charge in [-0.1, -0.05) is 26.0 Å². The van der Waals surface area contributed by atoms with Crippen LogP contribution in [0.1, 0.15) is 121 Å². The molecule has 0 radical (unpaired) electrons. The van der Waals surface area contributed by atoms with Gasteiger partial charge in [0.1, 0.15) is 17.9 Å². The van der Waals surface area contributed by atoms with E-state index in [9.17, 15) is 19.2 Å². The van der Waals surface area contributed by atoms with E-state index < -0.39 is 24.3 Å². The number of hydrogen-bond donors (Lipinski definition) is 3. The van der Waals surface area contributed by atoms with Crippen molar-refractivity contribution in [3.05, 3.63) is 41.8 Å². The van der Waals surface area contributed by atoms with E-state index in [-0.39, 0.29) is 65.8 Å². The van der Waals surface area contributed by atoms with Crippen LogP contribution in [0.25, 0.3) is 0 Å². The summed E-state index contributed by atoms with van der Waals surface area (Å²) in [6, 6.07) is -0.686. The fourth-order valence-corrected chi connectivity index (χ4v) is 12.4. The molecule has 13 atom stereocenters. The highest BCUT2D eigenvalue weighted by atomic mass is 16.5. The van der Waals surface area contributed by atoms with Gasteiger partial charge in [0, 0.05) is 60.1 Å². The van der Waals surface area contributed by atoms with Crippen molar-refractivity contribution < 1.29 is 33.4 Å². The van der Waals surface area contributed by atoms with Crippen LogP contribution in [0, 0.1) is 35.5 Å². The first-order valence-corrected chi connectivity index (χ1v) is 23.4. The summed E-state index contributed by atoms with van der Waals surface area (Å²) in [5.74, 6) is 2.56. The van der Waals surface area contributed by atoms with Gasteiger partial charge < -0.3 is 44.5 Å². The zero-order valence-electron chi connectivity index (χ0n) is 36.2. The normalized spacial score (nSPS) is 36.3. The van der Waals surface area contributed by atoms with Crippen LogP contribution in [0.4, 0.5) is 9.59 Å². The molecular formula is C46H64N8O7. The van der Waals surface area contributed by atoms with E-state index in [1.54, 1.807) is 0 Å². The van der Waals surface area contributed by atoms with Crippen molar-refractivity contribution in [2.24, 2.45) is 40.5 Å². The molecule has 4 amide bonds. The summed E-state index contributed by atoms with van der Waals surface area (Å²) in [4.78, 5) is 72.8. The Morgan fingerprint density at radius 1 is 0.820 bits per heavy atom. The number of amides is 4. The summed E-state index contributed by atoms with van der Waals surface area (Å²) >= 11 is 0. The van der Waals surface area contributed by atoms with Crippen LogP contribution in [0.5, 0.6) is 0 Å². The summed E-state index contributed by atoms with van der Waals surface area (Å²) in [5.41, 5.74) is 3.41. The zero-order chi connectivity index (χ0) is 42.1. The number of morpholine rings is 1. The third-order valence-electron chi connectivity index (χ3n) is 16.1. The van der Waals surface area contributed by atoms with Crippen molar-refractivity contribution in [2.45, 2.75) is 152 Å². The van der Waals surface area contributed by atoms with Crippen LogP contribution in [0.3, 0.4) is 0 Å². The molecule has 3 N–H and O–H groups in total. The van der Waals surface area contributed by atoms with Gasteiger partial charge in [-0.25, -0.2) is 14.6 Å². The van der Waals surface area contributed by atoms with Crippen molar-refractivity contribution in [3.63, 3.8) is 0 Å².